The van der Waals surface area contributed by atoms with Crippen LogP contribution in [0.1, 0.15) is 12.1 Å². The summed E-state index contributed by atoms with van der Waals surface area (Å²) >= 11 is 0. The van der Waals surface area contributed by atoms with Crippen LogP contribution in [0.25, 0.3) is 0 Å². The number of nitrogens with zero attached hydrogens (tertiary/aromatic N) is 3. The minimum Gasteiger partial charge on any atom is -0.372 e. The van der Waals surface area contributed by atoms with Gasteiger partial charge in [0, 0.05) is 38.3 Å². The van der Waals surface area contributed by atoms with Crippen molar-refractivity contribution in [2.24, 2.45) is 5.92 Å². The number of rotatable bonds is 4. The molecule has 0 aliphatic carbocycles. The Morgan fingerprint density at radius 1 is 1.37 bits per heavy atom. The van der Waals surface area contributed by atoms with Crippen molar-refractivity contribution < 1.29 is 4.74 Å². The molecule has 2 aliphatic heterocycles. The second kappa shape index (κ2) is 5.57. The van der Waals surface area contributed by atoms with Crippen LogP contribution in [0.5, 0.6) is 0 Å². The van der Waals surface area contributed by atoms with E-state index >= 15 is 0 Å². The van der Waals surface area contributed by atoms with E-state index in [9.17, 15) is 0 Å². The molecule has 1 aromatic rings. The quantitative estimate of drug-likeness (QED) is 0.815. The highest BCUT2D eigenvalue weighted by molar-refractivity contribution is 5.04. The lowest BCUT2D eigenvalue weighted by molar-refractivity contribution is 0.0249. The molecule has 4 nitrogen and oxygen atoms in total. The van der Waals surface area contributed by atoms with Gasteiger partial charge in [0.15, 0.2) is 0 Å². The maximum atomic E-state index is 6.16. The first-order valence-corrected chi connectivity index (χ1v) is 7.13. The van der Waals surface area contributed by atoms with Crippen molar-refractivity contribution in [2.75, 3.05) is 33.7 Å². The van der Waals surface area contributed by atoms with E-state index in [0.717, 1.165) is 31.9 Å². The molecule has 4 heteroatoms. The predicted octanol–water partition coefficient (Wildman–Crippen LogP) is 1.23. The van der Waals surface area contributed by atoms with Crippen molar-refractivity contribution in [1.82, 2.24) is 14.8 Å². The topological polar surface area (TPSA) is 28.6 Å². The summed E-state index contributed by atoms with van der Waals surface area (Å²) in [6.07, 6.45) is 3.95. The molecule has 0 unspecified atom stereocenters. The lowest BCUT2D eigenvalue weighted by Crippen LogP contribution is -2.30. The highest BCUT2D eigenvalue weighted by Crippen LogP contribution is 2.33. The number of ether oxygens (including phenoxy) is 1. The Bertz CT molecular complexity index is 395. The van der Waals surface area contributed by atoms with E-state index < -0.39 is 0 Å². The van der Waals surface area contributed by atoms with Gasteiger partial charge >= 0.3 is 0 Å². The number of aromatic nitrogens is 1. The first kappa shape index (κ1) is 13.0. The van der Waals surface area contributed by atoms with Crippen LogP contribution in [0.2, 0.25) is 0 Å². The van der Waals surface area contributed by atoms with Gasteiger partial charge in [-0.15, -0.1) is 0 Å². The average Bonchev–Trinajstić information content (AvgIpc) is 2.87. The number of pyridine rings is 1. The van der Waals surface area contributed by atoms with Gasteiger partial charge < -0.3 is 9.64 Å². The van der Waals surface area contributed by atoms with E-state index in [-0.39, 0.29) is 0 Å². The fraction of sp³-hybridized carbons (Fsp3) is 0.667. The minimum atomic E-state index is 0.432. The third-order valence-electron chi connectivity index (χ3n) is 4.07. The van der Waals surface area contributed by atoms with Crippen LogP contribution in [0.3, 0.4) is 0 Å². The minimum absolute atomic E-state index is 0.432. The number of hydrogen-bond acceptors (Lipinski definition) is 4. The van der Waals surface area contributed by atoms with Crippen molar-refractivity contribution in [1.29, 1.82) is 0 Å². The molecule has 0 N–H and O–H groups in total. The molecule has 2 fully saturated rings. The molecular formula is C15H23N3O. The van der Waals surface area contributed by atoms with Gasteiger partial charge in [-0.2, -0.15) is 0 Å². The molecule has 0 radical (unpaired) electrons. The molecule has 0 aromatic carbocycles. The highest BCUT2D eigenvalue weighted by atomic mass is 16.5. The Balaban J connectivity index is 1.51. The molecule has 0 saturated carbocycles. The molecule has 104 valence electrons. The largest absolute Gasteiger partial charge is 0.372 e. The predicted molar refractivity (Wildman–Crippen MR) is 74.8 cm³/mol. The molecular weight excluding hydrogens is 238 g/mol. The molecule has 19 heavy (non-hydrogen) atoms. The van der Waals surface area contributed by atoms with Crippen LogP contribution < -0.4 is 0 Å². The highest BCUT2D eigenvalue weighted by Gasteiger charge is 2.41. The monoisotopic (exact) mass is 261 g/mol. The van der Waals surface area contributed by atoms with Crippen LogP contribution in [0, 0.1) is 5.92 Å². The molecule has 3 atom stereocenters. The summed E-state index contributed by atoms with van der Waals surface area (Å²) in [6, 6.07) is 6.13. The molecule has 3 rings (SSSR count). The zero-order chi connectivity index (χ0) is 13.2. The molecule has 0 amide bonds. The normalized spacial score (nSPS) is 31.0. The summed E-state index contributed by atoms with van der Waals surface area (Å²) in [5.41, 5.74) is 1.16. The number of fused-ring (bicyclic) bond motifs is 1. The standard InChI is InChI=1S/C15H23N3O/c1-17(2)10-14-7-12-8-18(11-15(12)19-14)9-13-5-3-4-6-16-13/h3-6,12,14-15H,7-11H2,1-2H3/t12-,14-,15+/m1/s1. The number of hydrogen-bond donors (Lipinski definition) is 0. The summed E-state index contributed by atoms with van der Waals surface area (Å²) in [5.74, 6) is 0.716. The molecule has 1 aromatic heterocycles. The maximum absolute atomic E-state index is 6.16. The summed E-state index contributed by atoms with van der Waals surface area (Å²) in [7, 11) is 4.23. The Morgan fingerprint density at radius 3 is 2.95 bits per heavy atom. The van der Waals surface area contributed by atoms with Crippen molar-refractivity contribution in [3.63, 3.8) is 0 Å². The van der Waals surface area contributed by atoms with Crippen LogP contribution in [-0.4, -0.2) is 60.7 Å². The fourth-order valence-corrected chi connectivity index (χ4v) is 3.32. The summed E-state index contributed by atoms with van der Waals surface area (Å²) in [6.45, 7) is 4.22. The zero-order valence-electron chi connectivity index (χ0n) is 11.8. The van der Waals surface area contributed by atoms with Gasteiger partial charge in [0.1, 0.15) is 0 Å². The molecule has 0 spiro atoms. The zero-order valence-corrected chi connectivity index (χ0v) is 11.8. The van der Waals surface area contributed by atoms with E-state index in [1.165, 1.54) is 6.42 Å². The van der Waals surface area contributed by atoms with Crippen molar-refractivity contribution in [3.05, 3.63) is 30.1 Å². The van der Waals surface area contributed by atoms with Crippen LogP contribution in [-0.2, 0) is 11.3 Å². The summed E-state index contributed by atoms with van der Waals surface area (Å²) < 4.78 is 6.16. The van der Waals surface area contributed by atoms with Gasteiger partial charge in [-0.05, 0) is 32.6 Å². The Kier molecular flexibility index (Phi) is 3.82. The molecule has 3 heterocycles. The smallest absolute Gasteiger partial charge is 0.0747 e. The van der Waals surface area contributed by atoms with Gasteiger partial charge in [0.2, 0.25) is 0 Å². The summed E-state index contributed by atoms with van der Waals surface area (Å²) in [5, 5.41) is 0. The first-order valence-electron chi connectivity index (χ1n) is 7.13. The average molecular weight is 261 g/mol. The Hall–Kier alpha value is -0.970. The van der Waals surface area contributed by atoms with Gasteiger partial charge in [0.25, 0.3) is 0 Å². The van der Waals surface area contributed by atoms with Gasteiger partial charge in [-0.25, -0.2) is 0 Å². The lowest BCUT2D eigenvalue weighted by atomic mass is 10.0. The van der Waals surface area contributed by atoms with E-state index in [4.69, 9.17) is 4.74 Å². The van der Waals surface area contributed by atoms with Gasteiger partial charge in [-0.1, -0.05) is 6.07 Å². The molecule has 2 aliphatic rings. The maximum Gasteiger partial charge on any atom is 0.0747 e. The SMILES string of the molecule is CN(C)C[C@H]1C[C@@H]2CN(Cc3ccccn3)C[C@@H]2O1. The number of likely N-dealkylation sites (tertiary alicyclic amines) is 1. The van der Waals surface area contributed by atoms with Gasteiger partial charge in [-0.3, -0.25) is 9.88 Å². The third-order valence-corrected chi connectivity index (χ3v) is 4.07. The first-order chi connectivity index (χ1) is 9.20. The van der Waals surface area contributed by atoms with E-state index in [1.54, 1.807) is 0 Å². The fourth-order valence-electron chi connectivity index (χ4n) is 3.32. The second-order valence-corrected chi connectivity index (χ2v) is 6.07. The van der Waals surface area contributed by atoms with Crippen LogP contribution in [0.4, 0.5) is 0 Å². The lowest BCUT2D eigenvalue weighted by Gasteiger charge is -2.20. The second-order valence-electron chi connectivity index (χ2n) is 6.07. The van der Waals surface area contributed by atoms with E-state index in [2.05, 4.69) is 41.0 Å². The van der Waals surface area contributed by atoms with Crippen molar-refractivity contribution in [3.8, 4) is 0 Å². The third kappa shape index (κ3) is 3.14. The molecule has 0 bridgehead atoms. The van der Waals surface area contributed by atoms with Crippen molar-refractivity contribution >= 4 is 0 Å². The van der Waals surface area contributed by atoms with E-state index in [0.29, 0.717) is 18.1 Å². The Morgan fingerprint density at radius 2 is 2.26 bits per heavy atom. The van der Waals surface area contributed by atoms with Crippen LogP contribution >= 0.6 is 0 Å². The van der Waals surface area contributed by atoms with Crippen LogP contribution in [0.15, 0.2) is 24.4 Å². The number of likely N-dealkylation sites (N-methyl/N-ethyl adjacent to an activating group) is 1. The van der Waals surface area contributed by atoms with Gasteiger partial charge in [0.05, 0.1) is 17.9 Å². The summed E-state index contributed by atoms with van der Waals surface area (Å²) in [4.78, 5) is 9.10. The Labute approximate surface area is 115 Å². The van der Waals surface area contributed by atoms with Crippen molar-refractivity contribution in [2.45, 2.75) is 25.2 Å². The molecule has 2 saturated heterocycles. The van der Waals surface area contributed by atoms with E-state index in [1.807, 2.05) is 12.3 Å².